The Morgan fingerprint density at radius 3 is 2.92 bits per heavy atom. The number of H-pyrrole nitrogens is 1. The summed E-state index contributed by atoms with van der Waals surface area (Å²) in [7, 11) is 1.59. The highest BCUT2D eigenvalue weighted by molar-refractivity contribution is 5.82. The van der Waals surface area contributed by atoms with Crippen LogP contribution >= 0.6 is 0 Å². The van der Waals surface area contributed by atoms with Crippen LogP contribution in [0.25, 0.3) is 10.9 Å². The zero-order valence-corrected chi connectivity index (χ0v) is 15.4. The lowest BCUT2D eigenvalue weighted by Crippen LogP contribution is -2.40. The van der Waals surface area contributed by atoms with Crippen molar-refractivity contribution in [2.24, 2.45) is 0 Å². The number of rotatable bonds is 7. The number of hydrogen-bond donors (Lipinski definition) is 1. The number of carbonyl (C=O) groups excluding carboxylic acids is 1. The minimum Gasteiger partial charge on any atom is -0.497 e. The minimum atomic E-state index is -0.365. The molecule has 6 nitrogen and oxygen atoms in total. The second kappa shape index (κ2) is 8.36. The number of pyridine rings is 1. The summed E-state index contributed by atoms with van der Waals surface area (Å²) in [6.07, 6.45) is 3.20. The minimum absolute atomic E-state index is 0.00909. The molecule has 2 heterocycles. The van der Waals surface area contributed by atoms with E-state index >= 15 is 0 Å². The number of amides is 1. The molecule has 26 heavy (non-hydrogen) atoms. The molecular weight excluding hydrogens is 332 g/mol. The van der Waals surface area contributed by atoms with Crippen LogP contribution in [0.3, 0.4) is 0 Å². The first kappa shape index (κ1) is 18.5. The normalized spacial score (nSPS) is 16.8. The molecule has 2 aromatic rings. The number of nitrogens with one attached hydrogen (secondary N) is 1. The maximum absolute atomic E-state index is 12.8. The molecule has 140 valence electrons. The van der Waals surface area contributed by atoms with Crippen LogP contribution in [0.1, 0.15) is 38.2 Å². The lowest BCUT2D eigenvalue weighted by atomic mass is 10.1. The van der Waals surface area contributed by atoms with Gasteiger partial charge in [-0.2, -0.15) is 0 Å². The Bertz CT molecular complexity index is 824. The number of benzene rings is 1. The van der Waals surface area contributed by atoms with E-state index in [2.05, 4.69) is 11.9 Å². The summed E-state index contributed by atoms with van der Waals surface area (Å²) in [4.78, 5) is 30.0. The molecule has 1 unspecified atom stereocenters. The van der Waals surface area contributed by atoms with Gasteiger partial charge in [0.1, 0.15) is 11.9 Å². The fourth-order valence-corrected chi connectivity index (χ4v) is 3.27. The van der Waals surface area contributed by atoms with E-state index in [9.17, 15) is 9.59 Å². The van der Waals surface area contributed by atoms with E-state index < -0.39 is 0 Å². The molecule has 1 aromatic heterocycles. The zero-order chi connectivity index (χ0) is 18.5. The third-order valence-corrected chi connectivity index (χ3v) is 4.79. The molecule has 1 aliphatic rings. The number of aromatic nitrogens is 1. The molecule has 1 N–H and O–H groups in total. The van der Waals surface area contributed by atoms with Crippen molar-refractivity contribution in [3.8, 4) is 5.75 Å². The average Bonchev–Trinajstić information content (AvgIpc) is 3.19. The van der Waals surface area contributed by atoms with E-state index in [0.717, 1.165) is 36.6 Å². The van der Waals surface area contributed by atoms with Gasteiger partial charge in [-0.15, -0.1) is 0 Å². The molecule has 1 atom stereocenters. The Labute approximate surface area is 153 Å². The fourth-order valence-electron chi connectivity index (χ4n) is 3.27. The van der Waals surface area contributed by atoms with Gasteiger partial charge in [0.05, 0.1) is 19.2 Å². The van der Waals surface area contributed by atoms with Gasteiger partial charge < -0.3 is 19.4 Å². The van der Waals surface area contributed by atoms with Crippen LogP contribution in [0.2, 0.25) is 0 Å². The van der Waals surface area contributed by atoms with Crippen LogP contribution in [-0.4, -0.2) is 42.2 Å². The number of aromatic amines is 1. The summed E-state index contributed by atoms with van der Waals surface area (Å²) in [6, 6.07) is 7.42. The van der Waals surface area contributed by atoms with E-state index in [0.29, 0.717) is 31.0 Å². The summed E-state index contributed by atoms with van der Waals surface area (Å²) in [5.74, 6) is 0.684. The van der Waals surface area contributed by atoms with Crippen molar-refractivity contribution in [3.63, 3.8) is 0 Å². The van der Waals surface area contributed by atoms with Crippen LogP contribution in [0.4, 0.5) is 0 Å². The summed E-state index contributed by atoms with van der Waals surface area (Å²) in [6.45, 7) is 3.66. The van der Waals surface area contributed by atoms with E-state index in [4.69, 9.17) is 9.47 Å². The number of carbonyl (C=O) groups is 1. The van der Waals surface area contributed by atoms with E-state index in [1.807, 2.05) is 18.2 Å². The molecule has 0 saturated carbocycles. The number of ether oxygens (including phenoxy) is 2. The summed E-state index contributed by atoms with van der Waals surface area (Å²) in [5, 5.41) is 0.917. The fraction of sp³-hybridized carbons (Fsp3) is 0.500. The molecule has 1 aromatic carbocycles. The molecule has 1 amide bonds. The standard InChI is InChI=1S/C20H26N2O4/c1-3-4-9-22(20(24)18-6-5-10-26-18)13-15-11-14-7-8-16(25-2)12-17(14)21-19(15)23/h7-8,11-12,18H,3-6,9-10,13H2,1-2H3,(H,21,23). The Balaban J connectivity index is 1.86. The lowest BCUT2D eigenvalue weighted by molar-refractivity contribution is -0.141. The van der Waals surface area contributed by atoms with Gasteiger partial charge in [0.2, 0.25) is 0 Å². The van der Waals surface area contributed by atoms with Crippen molar-refractivity contribution in [2.45, 2.75) is 45.3 Å². The smallest absolute Gasteiger partial charge is 0.253 e. The molecule has 1 fully saturated rings. The highest BCUT2D eigenvalue weighted by atomic mass is 16.5. The Hall–Kier alpha value is -2.34. The quantitative estimate of drug-likeness (QED) is 0.826. The number of unbranched alkanes of at least 4 members (excludes halogenated alkanes) is 1. The van der Waals surface area contributed by atoms with Gasteiger partial charge in [-0.1, -0.05) is 13.3 Å². The Kier molecular flexibility index (Phi) is 5.93. The zero-order valence-electron chi connectivity index (χ0n) is 15.4. The monoisotopic (exact) mass is 358 g/mol. The number of nitrogens with zero attached hydrogens (tertiary/aromatic N) is 1. The van der Waals surface area contributed by atoms with Crippen LogP contribution in [-0.2, 0) is 16.1 Å². The maximum atomic E-state index is 12.8. The largest absolute Gasteiger partial charge is 0.497 e. The van der Waals surface area contributed by atoms with Gasteiger partial charge in [0, 0.05) is 24.8 Å². The van der Waals surface area contributed by atoms with Crippen molar-refractivity contribution in [1.82, 2.24) is 9.88 Å². The second-order valence-corrected chi connectivity index (χ2v) is 6.69. The molecule has 6 heteroatoms. The summed E-state index contributed by atoms with van der Waals surface area (Å²) < 4.78 is 10.7. The van der Waals surface area contributed by atoms with Crippen molar-refractivity contribution in [1.29, 1.82) is 0 Å². The molecule has 3 rings (SSSR count). The lowest BCUT2D eigenvalue weighted by Gasteiger charge is -2.25. The van der Waals surface area contributed by atoms with Gasteiger partial charge in [-0.3, -0.25) is 9.59 Å². The van der Waals surface area contributed by atoms with Gasteiger partial charge in [-0.05, 0) is 42.8 Å². The highest BCUT2D eigenvalue weighted by Gasteiger charge is 2.28. The van der Waals surface area contributed by atoms with Crippen molar-refractivity contribution in [2.75, 3.05) is 20.3 Å². The van der Waals surface area contributed by atoms with Crippen molar-refractivity contribution < 1.29 is 14.3 Å². The number of hydrogen-bond acceptors (Lipinski definition) is 4. The number of methoxy groups -OCH3 is 1. The molecule has 1 aliphatic heterocycles. The van der Waals surface area contributed by atoms with Gasteiger partial charge in [0.25, 0.3) is 11.5 Å². The second-order valence-electron chi connectivity index (χ2n) is 6.69. The summed E-state index contributed by atoms with van der Waals surface area (Å²) in [5.41, 5.74) is 1.14. The molecule has 0 spiro atoms. The van der Waals surface area contributed by atoms with E-state index in [1.165, 1.54) is 0 Å². The first-order chi connectivity index (χ1) is 12.6. The Morgan fingerprint density at radius 2 is 2.23 bits per heavy atom. The molecular formula is C20H26N2O4. The number of fused-ring (bicyclic) bond motifs is 1. The third-order valence-electron chi connectivity index (χ3n) is 4.79. The average molecular weight is 358 g/mol. The predicted octanol–water partition coefficient (Wildman–Crippen LogP) is 2.84. The molecule has 0 bridgehead atoms. The molecule has 1 saturated heterocycles. The van der Waals surface area contributed by atoms with Gasteiger partial charge >= 0.3 is 0 Å². The first-order valence-electron chi connectivity index (χ1n) is 9.22. The highest BCUT2D eigenvalue weighted by Crippen LogP contribution is 2.20. The SMILES string of the molecule is CCCCN(Cc1cc2ccc(OC)cc2[nH]c1=O)C(=O)C1CCCO1. The first-order valence-corrected chi connectivity index (χ1v) is 9.22. The maximum Gasteiger partial charge on any atom is 0.253 e. The van der Waals surface area contributed by atoms with Crippen LogP contribution in [0.5, 0.6) is 5.75 Å². The Morgan fingerprint density at radius 1 is 1.38 bits per heavy atom. The molecule has 0 aliphatic carbocycles. The van der Waals surface area contributed by atoms with Crippen LogP contribution in [0.15, 0.2) is 29.1 Å². The third kappa shape index (κ3) is 4.07. The van der Waals surface area contributed by atoms with E-state index in [-0.39, 0.29) is 17.6 Å². The van der Waals surface area contributed by atoms with Crippen LogP contribution < -0.4 is 10.3 Å². The predicted molar refractivity (Wildman–Crippen MR) is 100 cm³/mol. The van der Waals surface area contributed by atoms with Crippen molar-refractivity contribution in [3.05, 3.63) is 40.2 Å². The van der Waals surface area contributed by atoms with E-state index in [1.54, 1.807) is 18.1 Å². The van der Waals surface area contributed by atoms with Gasteiger partial charge in [-0.25, -0.2) is 0 Å². The topological polar surface area (TPSA) is 71.6 Å². The van der Waals surface area contributed by atoms with Crippen LogP contribution in [0, 0.1) is 0 Å². The molecule has 0 radical (unpaired) electrons. The summed E-state index contributed by atoms with van der Waals surface area (Å²) >= 11 is 0. The van der Waals surface area contributed by atoms with Gasteiger partial charge in [0.15, 0.2) is 0 Å². The van der Waals surface area contributed by atoms with Crippen molar-refractivity contribution >= 4 is 16.8 Å².